The first-order valence-corrected chi connectivity index (χ1v) is 5.16. The number of halogens is 2. The third-order valence-corrected chi connectivity index (χ3v) is 2.21. The second kappa shape index (κ2) is 5.23. The van der Waals surface area contributed by atoms with Gasteiger partial charge in [0, 0.05) is 23.0 Å². The van der Waals surface area contributed by atoms with Crippen LogP contribution in [-0.4, -0.2) is 11.8 Å². The van der Waals surface area contributed by atoms with Gasteiger partial charge in [0.1, 0.15) is 0 Å². The molecule has 0 saturated carbocycles. The number of rotatable bonds is 3. The van der Waals surface area contributed by atoms with Crippen LogP contribution in [0.4, 0.5) is 5.69 Å². The molecule has 0 atom stereocenters. The van der Waals surface area contributed by atoms with E-state index in [2.05, 4.69) is 5.32 Å². The maximum atomic E-state index is 11.2. The van der Waals surface area contributed by atoms with Crippen LogP contribution in [-0.2, 0) is 4.79 Å². The minimum Gasteiger partial charge on any atom is -0.326 e. The summed E-state index contributed by atoms with van der Waals surface area (Å²) in [5.41, 5.74) is 1.73. The van der Waals surface area contributed by atoms with E-state index in [0.29, 0.717) is 17.3 Å². The van der Waals surface area contributed by atoms with Crippen LogP contribution in [0.2, 0.25) is 5.02 Å². The van der Waals surface area contributed by atoms with Crippen molar-refractivity contribution in [1.82, 2.24) is 0 Å². The van der Waals surface area contributed by atoms with Gasteiger partial charge in [0.25, 0.3) is 0 Å². The standard InChI is InChI=1S/C10H11Cl2NO/c1-7-6-8(12)2-3-9(7)13-10(14)4-5-11/h2-3,6H,4-5H2,1H3,(H,13,14). The van der Waals surface area contributed by atoms with Gasteiger partial charge in [-0.15, -0.1) is 11.6 Å². The van der Waals surface area contributed by atoms with E-state index >= 15 is 0 Å². The molecule has 1 rings (SSSR count). The van der Waals surface area contributed by atoms with Crippen LogP contribution in [0.3, 0.4) is 0 Å². The van der Waals surface area contributed by atoms with Crippen LogP contribution in [0.15, 0.2) is 18.2 Å². The van der Waals surface area contributed by atoms with Crippen molar-refractivity contribution >= 4 is 34.8 Å². The van der Waals surface area contributed by atoms with E-state index in [1.165, 1.54) is 0 Å². The molecule has 0 aromatic heterocycles. The highest BCUT2D eigenvalue weighted by Gasteiger charge is 2.03. The molecule has 14 heavy (non-hydrogen) atoms. The molecule has 0 unspecified atom stereocenters. The first-order valence-electron chi connectivity index (χ1n) is 4.25. The second-order valence-electron chi connectivity index (χ2n) is 2.95. The van der Waals surface area contributed by atoms with Crippen molar-refractivity contribution in [3.05, 3.63) is 28.8 Å². The molecule has 0 fully saturated rings. The van der Waals surface area contributed by atoms with Gasteiger partial charge < -0.3 is 5.32 Å². The van der Waals surface area contributed by atoms with E-state index in [-0.39, 0.29) is 5.91 Å². The number of carbonyl (C=O) groups is 1. The van der Waals surface area contributed by atoms with Crippen molar-refractivity contribution in [2.75, 3.05) is 11.2 Å². The SMILES string of the molecule is Cc1cc(Cl)ccc1NC(=O)CCCl. The van der Waals surface area contributed by atoms with Crippen LogP contribution in [0.1, 0.15) is 12.0 Å². The largest absolute Gasteiger partial charge is 0.326 e. The third kappa shape index (κ3) is 3.20. The molecule has 1 aromatic carbocycles. The summed E-state index contributed by atoms with van der Waals surface area (Å²) in [5.74, 6) is 0.254. The Labute approximate surface area is 93.2 Å². The minimum atomic E-state index is -0.0783. The van der Waals surface area contributed by atoms with Gasteiger partial charge in [-0.25, -0.2) is 0 Å². The van der Waals surface area contributed by atoms with Gasteiger partial charge in [0.05, 0.1) is 0 Å². The first-order chi connectivity index (χ1) is 6.63. The highest BCUT2D eigenvalue weighted by atomic mass is 35.5. The van der Waals surface area contributed by atoms with E-state index < -0.39 is 0 Å². The van der Waals surface area contributed by atoms with E-state index in [9.17, 15) is 4.79 Å². The zero-order valence-corrected chi connectivity index (χ0v) is 9.32. The maximum absolute atomic E-state index is 11.2. The van der Waals surface area contributed by atoms with E-state index in [4.69, 9.17) is 23.2 Å². The number of carbonyl (C=O) groups excluding carboxylic acids is 1. The zero-order valence-electron chi connectivity index (χ0n) is 7.81. The molecule has 76 valence electrons. The fourth-order valence-electron chi connectivity index (χ4n) is 1.07. The van der Waals surface area contributed by atoms with Crippen LogP contribution in [0.25, 0.3) is 0 Å². The number of hydrogen-bond acceptors (Lipinski definition) is 1. The van der Waals surface area contributed by atoms with Gasteiger partial charge in [-0.1, -0.05) is 11.6 Å². The molecular weight excluding hydrogens is 221 g/mol. The van der Waals surface area contributed by atoms with Gasteiger partial charge in [0.2, 0.25) is 5.91 Å². The molecule has 0 aliphatic rings. The Hall–Kier alpha value is -0.730. The first kappa shape index (κ1) is 11.3. The summed E-state index contributed by atoms with van der Waals surface area (Å²) in [7, 11) is 0. The predicted octanol–water partition coefficient (Wildman–Crippen LogP) is 3.22. The average Bonchev–Trinajstić information content (AvgIpc) is 2.10. The molecule has 0 radical (unpaired) electrons. The lowest BCUT2D eigenvalue weighted by molar-refractivity contribution is -0.115. The van der Waals surface area contributed by atoms with Gasteiger partial charge in [-0.2, -0.15) is 0 Å². The average molecular weight is 232 g/mol. The lowest BCUT2D eigenvalue weighted by Gasteiger charge is -2.07. The predicted molar refractivity (Wildman–Crippen MR) is 60.2 cm³/mol. The highest BCUT2D eigenvalue weighted by Crippen LogP contribution is 2.19. The van der Waals surface area contributed by atoms with Crippen molar-refractivity contribution in [1.29, 1.82) is 0 Å². The Balaban J connectivity index is 2.72. The monoisotopic (exact) mass is 231 g/mol. The van der Waals surface area contributed by atoms with E-state index in [1.54, 1.807) is 18.2 Å². The van der Waals surface area contributed by atoms with Crippen molar-refractivity contribution in [2.45, 2.75) is 13.3 Å². The number of amides is 1. The summed E-state index contributed by atoms with van der Waals surface area (Å²) in [5, 5.41) is 3.42. The number of alkyl halides is 1. The molecule has 1 aromatic rings. The van der Waals surface area contributed by atoms with Gasteiger partial charge in [0.15, 0.2) is 0 Å². The second-order valence-corrected chi connectivity index (χ2v) is 3.76. The summed E-state index contributed by atoms with van der Waals surface area (Å²) in [6, 6.07) is 5.33. The fraction of sp³-hybridized carbons (Fsp3) is 0.300. The number of hydrogen-bond donors (Lipinski definition) is 1. The summed E-state index contributed by atoms with van der Waals surface area (Å²) in [4.78, 5) is 11.2. The molecule has 1 N–H and O–H groups in total. The van der Waals surface area contributed by atoms with Crippen molar-refractivity contribution in [3.63, 3.8) is 0 Å². The minimum absolute atomic E-state index is 0.0783. The van der Waals surface area contributed by atoms with Crippen LogP contribution < -0.4 is 5.32 Å². The Morgan fingerprint density at radius 1 is 1.50 bits per heavy atom. The smallest absolute Gasteiger partial charge is 0.225 e. The molecule has 0 aliphatic carbocycles. The molecule has 1 amide bonds. The van der Waals surface area contributed by atoms with Crippen LogP contribution in [0, 0.1) is 6.92 Å². The lowest BCUT2D eigenvalue weighted by atomic mass is 10.2. The highest BCUT2D eigenvalue weighted by molar-refractivity contribution is 6.30. The molecule has 0 spiro atoms. The Morgan fingerprint density at radius 2 is 2.21 bits per heavy atom. The van der Waals surface area contributed by atoms with E-state index in [0.717, 1.165) is 11.3 Å². The van der Waals surface area contributed by atoms with E-state index in [1.807, 2.05) is 6.92 Å². The summed E-state index contributed by atoms with van der Waals surface area (Å²) in [6.07, 6.45) is 0.323. The quantitative estimate of drug-likeness (QED) is 0.796. The molecular formula is C10H11Cl2NO. The van der Waals surface area contributed by atoms with Gasteiger partial charge in [-0.05, 0) is 30.7 Å². The Morgan fingerprint density at radius 3 is 2.79 bits per heavy atom. The summed E-state index contributed by atoms with van der Waals surface area (Å²) < 4.78 is 0. The molecule has 4 heteroatoms. The molecule has 0 bridgehead atoms. The topological polar surface area (TPSA) is 29.1 Å². The Kier molecular flexibility index (Phi) is 4.23. The molecule has 0 saturated heterocycles. The molecule has 2 nitrogen and oxygen atoms in total. The fourth-order valence-corrected chi connectivity index (χ4v) is 1.46. The zero-order chi connectivity index (χ0) is 10.6. The van der Waals surface area contributed by atoms with Gasteiger partial charge >= 0.3 is 0 Å². The summed E-state index contributed by atoms with van der Waals surface area (Å²) in [6.45, 7) is 1.89. The number of benzene rings is 1. The number of anilines is 1. The van der Waals surface area contributed by atoms with Crippen molar-refractivity contribution < 1.29 is 4.79 Å². The molecule has 0 aliphatic heterocycles. The third-order valence-electron chi connectivity index (χ3n) is 1.78. The normalized spacial score (nSPS) is 9.93. The van der Waals surface area contributed by atoms with Crippen LogP contribution >= 0.6 is 23.2 Å². The van der Waals surface area contributed by atoms with Gasteiger partial charge in [-0.3, -0.25) is 4.79 Å². The number of aryl methyl sites for hydroxylation is 1. The van der Waals surface area contributed by atoms with Crippen molar-refractivity contribution in [3.8, 4) is 0 Å². The molecule has 0 heterocycles. The van der Waals surface area contributed by atoms with Crippen molar-refractivity contribution in [2.24, 2.45) is 0 Å². The number of nitrogens with one attached hydrogen (secondary N) is 1. The lowest BCUT2D eigenvalue weighted by Crippen LogP contribution is -2.12. The van der Waals surface area contributed by atoms with Crippen LogP contribution in [0.5, 0.6) is 0 Å². The maximum Gasteiger partial charge on any atom is 0.225 e. The summed E-state index contributed by atoms with van der Waals surface area (Å²) >= 11 is 11.2. The Bertz CT molecular complexity index is 339.